The van der Waals surface area contributed by atoms with Crippen molar-refractivity contribution in [3.8, 4) is 11.1 Å². The van der Waals surface area contributed by atoms with Crippen molar-refractivity contribution in [3.63, 3.8) is 0 Å². The fourth-order valence-corrected chi connectivity index (χ4v) is 5.57. The Morgan fingerprint density at radius 3 is 2.94 bits per heavy atom. The smallest absolute Gasteiger partial charge is 0.317 e. The largest absolute Gasteiger partial charge is 0.352 e. The van der Waals surface area contributed by atoms with Crippen molar-refractivity contribution in [2.24, 2.45) is 0 Å². The first kappa shape index (κ1) is 21.6. The Morgan fingerprint density at radius 2 is 2.12 bits per heavy atom. The Bertz CT molecular complexity index is 1220. The predicted molar refractivity (Wildman–Crippen MR) is 122 cm³/mol. The van der Waals surface area contributed by atoms with Crippen molar-refractivity contribution in [3.05, 3.63) is 65.2 Å². The number of fused-ring (bicyclic) bond motifs is 1. The summed E-state index contributed by atoms with van der Waals surface area (Å²) in [5.74, 6) is -0.663. The second-order valence-electron chi connectivity index (χ2n) is 8.00. The lowest BCUT2D eigenvalue weighted by Crippen LogP contribution is -2.32. The van der Waals surface area contributed by atoms with E-state index in [0.717, 1.165) is 27.1 Å². The van der Waals surface area contributed by atoms with Gasteiger partial charge in [0.15, 0.2) is 5.82 Å². The lowest BCUT2D eigenvalue weighted by Gasteiger charge is -2.15. The van der Waals surface area contributed by atoms with Gasteiger partial charge in [0.1, 0.15) is 0 Å². The number of amides is 2. The summed E-state index contributed by atoms with van der Waals surface area (Å²) in [6.45, 7) is 4.18. The van der Waals surface area contributed by atoms with Gasteiger partial charge in [-0.1, -0.05) is 18.2 Å². The number of pyridine rings is 1. The van der Waals surface area contributed by atoms with Gasteiger partial charge in [0, 0.05) is 43.3 Å². The van der Waals surface area contributed by atoms with Crippen LogP contribution in [-0.2, 0) is 6.42 Å². The van der Waals surface area contributed by atoms with Crippen molar-refractivity contribution in [2.75, 3.05) is 31.5 Å². The number of aromatic nitrogens is 3. The molecule has 2 amide bonds. The van der Waals surface area contributed by atoms with Gasteiger partial charge >= 0.3 is 6.03 Å². The van der Waals surface area contributed by atoms with Crippen LogP contribution in [0.2, 0.25) is 0 Å². The number of rotatable bonds is 6. The van der Waals surface area contributed by atoms with Crippen LogP contribution in [0.15, 0.2) is 41.6 Å². The number of nitrogens with one attached hydrogen (secondary N) is 2. The number of urea groups is 1. The van der Waals surface area contributed by atoms with Crippen LogP contribution in [0.1, 0.15) is 22.1 Å². The molecule has 4 heterocycles. The Labute approximate surface area is 194 Å². The topological polar surface area (TPSA) is 83.0 Å². The van der Waals surface area contributed by atoms with Crippen molar-refractivity contribution >= 4 is 23.7 Å². The van der Waals surface area contributed by atoms with Gasteiger partial charge in [0.05, 0.1) is 17.1 Å². The molecule has 5 rings (SSSR count). The summed E-state index contributed by atoms with van der Waals surface area (Å²) in [6.07, 6.45) is 3.32. The molecular formula is C23H22F2N6OS. The highest BCUT2D eigenvalue weighted by molar-refractivity contribution is 8.00. The second kappa shape index (κ2) is 8.93. The van der Waals surface area contributed by atoms with Gasteiger partial charge in [-0.15, -0.1) is 11.8 Å². The molecule has 1 aromatic carbocycles. The third kappa shape index (κ3) is 4.35. The average molecular weight is 469 g/mol. The molecule has 0 aliphatic carbocycles. The molecule has 170 valence electrons. The summed E-state index contributed by atoms with van der Waals surface area (Å²) in [5.41, 5.74) is 3.97. The van der Waals surface area contributed by atoms with E-state index in [4.69, 9.17) is 0 Å². The van der Waals surface area contributed by atoms with Gasteiger partial charge in [0.2, 0.25) is 11.9 Å². The Kier molecular flexibility index (Phi) is 5.84. The molecule has 0 spiro atoms. The standard InChI is InChI=1S/C23H22F2N6OS/c1-13-11-28-19(25)10-16(13)15-4-2-3-14-9-18(33-21(14)15)20-17(24)12-29-22(30-20)26-5-7-31-8-6-27-23(31)32/h2-4,10-12,18H,5-9H2,1H3,(H,27,32)(H,26,29,30). The van der Waals surface area contributed by atoms with Gasteiger partial charge in [-0.25, -0.2) is 24.1 Å². The predicted octanol–water partition coefficient (Wildman–Crippen LogP) is 3.95. The molecule has 10 heteroatoms. The molecule has 7 nitrogen and oxygen atoms in total. The van der Waals surface area contributed by atoms with E-state index in [-0.39, 0.29) is 11.3 Å². The van der Waals surface area contributed by atoms with Gasteiger partial charge in [-0.3, -0.25) is 0 Å². The highest BCUT2D eigenvalue weighted by Gasteiger charge is 2.30. The van der Waals surface area contributed by atoms with Crippen LogP contribution in [0, 0.1) is 18.7 Å². The third-order valence-corrected chi connectivity index (χ3v) is 7.20. The van der Waals surface area contributed by atoms with Crippen molar-refractivity contribution in [1.82, 2.24) is 25.2 Å². The lowest BCUT2D eigenvalue weighted by atomic mass is 9.98. The third-order valence-electron chi connectivity index (χ3n) is 5.81. The Balaban J connectivity index is 1.35. The molecule has 1 saturated heterocycles. The molecule has 3 aromatic rings. The molecule has 2 N–H and O–H groups in total. The van der Waals surface area contributed by atoms with Crippen molar-refractivity contribution in [2.45, 2.75) is 23.5 Å². The highest BCUT2D eigenvalue weighted by Crippen LogP contribution is 2.50. The van der Waals surface area contributed by atoms with Gasteiger partial charge in [0.25, 0.3) is 0 Å². The molecule has 2 aromatic heterocycles. The Morgan fingerprint density at radius 1 is 1.24 bits per heavy atom. The van der Waals surface area contributed by atoms with Gasteiger partial charge < -0.3 is 15.5 Å². The zero-order valence-corrected chi connectivity index (χ0v) is 18.8. The number of anilines is 1. The minimum absolute atomic E-state index is 0.0854. The number of thioether (sulfide) groups is 1. The van der Waals surface area contributed by atoms with E-state index in [1.807, 2.05) is 25.1 Å². The van der Waals surface area contributed by atoms with Crippen molar-refractivity contribution in [1.29, 1.82) is 0 Å². The number of carbonyl (C=O) groups excluding carboxylic acids is 1. The summed E-state index contributed by atoms with van der Waals surface area (Å²) in [6, 6.07) is 7.25. The number of nitrogens with zero attached hydrogens (tertiary/aromatic N) is 4. The van der Waals surface area contributed by atoms with E-state index in [0.29, 0.717) is 44.2 Å². The molecule has 1 atom stereocenters. The molecule has 0 radical (unpaired) electrons. The zero-order chi connectivity index (χ0) is 22.9. The van der Waals surface area contributed by atoms with Crippen LogP contribution in [0.5, 0.6) is 0 Å². The van der Waals surface area contributed by atoms with Gasteiger partial charge in [-0.2, -0.15) is 4.39 Å². The minimum atomic E-state index is -0.531. The maximum atomic E-state index is 14.7. The van der Waals surface area contributed by atoms with E-state index < -0.39 is 11.8 Å². The van der Waals surface area contributed by atoms with Crippen LogP contribution in [0.25, 0.3) is 11.1 Å². The van der Waals surface area contributed by atoms with Crippen LogP contribution in [0.3, 0.4) is 0 Å². The first-order valence-electron chi connectivity index (χ1n) is 10.7. The SMILES string of the molecule is Cc1cnc(F)cc1-c1cccc2c1SC(c1nc(NCCN3CCNC3=O)ncc1F)C2. The molecule has 2 aliphatic heterocycles. The van der Waals surface area contributed by atoms with Crippen LogP contribution in [0.4, 0.5) is 19.5 Å². The van der Waals surface area contributed by atoms with Crippen LogP contribution in [-0.4, -0.2) is 52.1 Å². The van der Waals surface area contributed by atoms with E-state index >= 15 is 0 Å². The molecule has 1 fully saturated rings. The summed E-state index contributed by atoms with van der Waals surface area (Å²) >= 11 is 1.53. The summed E-state index contributed by atoms with van der Waals surface area (Å²) in [7, 11) is 0. The van der Waals surface area contributed by atoms with Crippen LogP contribution >= 0.6 is 11.8 Å². The van der Waals surface area contributed by atoms with E-state index in [1.165, 1.54) is 30.2 Å². The highest BCUT2D eigenvalue weighted by atomic mass is 32.2. The number of hydrogen-bond donors (Lipinski definition) is 2. The normalized spacial score (nSPS) is 17.2. The van der Waals surface area contributed by atoms with E-state index in [1.54, 1.807) is 4.90 Å². The molecule has 33 heavy (non-hydrogen) atoms. The van der Waals surface area contributed by atoms with Crippen LogP contribution < -0.4 is 10.6 Å². The lowest BCUT2D eigenvalue weighted by molar-refractivity contribution is 0.219. The van der Waals surface area contributed by atoms with Gasteiger partial charge in [-0.05, 0) is 35.6 Å². The molecule has 1 unspecified atom stereocenters. The first-order valence-corrected chi connectivity index (χ1v) is 11.6. The number of benzene rings is 1. The fraction of sp³-hybridized carbons (Fsp3) is 0.304. The zero-order valence-electron chi connectivity index (χ0n) is 17.9. The summed E-state index contributed by atoms with van der Waals surface area (Å²) in [5, 5.41) is 5.62. The molecule has 0 bridgehead atoms. The maximum absolute atomic E-state index is 14.7. The molecule has 0 saturated carbocycles. The fourth-order valence-electron chi connectivity index (χ4n) is 4.14. The average Bonchev–Trinajstić information content (AvgIpc) is 3.42. The van der Waals surface area contributed by atoms with E-state index in [9.17, 15) is 13.6 Å². The molecule has 2 aliphatic rings. The summed E-state index contributed by atoms with van der Waals surface area (Å²) < 4.78 is 28.5. The second-order valence-corrected chi connectivity index (χ2v) is 9.21. The minimum Gasteiger partial charge on any atom is -0.352 e. The van der Waals surface area contributed by atoms with Crippen molar-refractivity contribution < 1.29 is 13.6 Å². The number of aryl methyl sites for hydroxylation is 1. The Hall–Kier alpha value is -3.27. The maximum Gasteiger partial charge on any atom is 0.317 e. The monoisotopic (exact) mass is 468 g/mol. The quantitative estimate of drug-likeness (QED) is 0.533. The van der Waals surface area contributed by atoms with E-state index in [2.05, 4.69) is 25.6 Å². The number of hydrogen-bond acceptors (Lipinski definition) is 6. The number of halogens is 2. The first-order chi connectivity index (χ1) is 16.0. The summed E-state index contributed by atoms with van der Waals surface area (Å²) in [4.78, 5) is 26.6. The molecular weight excluding hydrogens is 446 g/mol. The number of carbonyl (C=O) groups is 1.